The zero-order chi connectivity index (χ0) is 17.7. The van der Waals surface area contributed by atoms with Crippen LogP contribution in [0.1, 0.15) is 63.3 Å². The second-order valence-electron chi connectivity index (χ2n) is 7.81. The molecule has 4 heteroatoms. The number of rotatable bonds is 6. The predicted octanol–water partition coefficient (Wildman–Crippen LogP) is 4.08. The molecule has 1 aliphatic carbocycles. The Morgan fingerprint density at radius 3 is 2.71 bits per heavy atom. The third kappa shape index (κ3) is 5.52. The van der Waals surface area contributed by atoms with Crippen molar-refractivity contribution in [3.63, 3.8) is 0 Å². The summed E-state index contributed by atoms with van der Waals surface area (Å²) in [5, 5.41) is 3.55. The Bertz CT molecular complexity index is 563. The van der Waals surface area contributed by atoms with E-state index >= 15 is 0 Å². The van der Waals surface area contributed by atoms with Gasteiger partial charge in [0.25, 0.3) is 0 Å². The fraction of sp³-hybridized carbons (Fsp3) is 0.650. The summed E-state index contributed by atoms with van der Waals surface area (Å²) in [5.74, 6) is 0. The van der Waals surface area contributed by atoms with E-state index in [1.165, 1.54) is 36.0 Å². The van der Waals surface area contributed by atoms with E-state index in [0.717, 1.165) is 13.0 Å². The van der Waals surface area contributed by atoms with Crippen LogP contribution in [0.25, 0.3) is 0 Å². The molecule has 0 spiro atoms. The van der Waals surface area contributed by atoms with Gasteiger partial charge in [0.05, 0.1) is 0 Å². The van der Waals surface area contributed by atoms with Crippen molar-refractivity contribution in [2.24, 2.45) is 0 Å². The summed E-state index contributed by atoms with van der Waals surface area (Å²) < 4.78 is 5.36. The topological polar surface area (TPSA) is 41.6 Å². The molecular formula is C20H32N2O2. The van der Waals surface area contributed by atoms with Gasteiger partial charge >= 0.3 is 6.09 Å². The SMILES string of the molecule is CC(NCCCN(C)C(=O)OC(C)(C)C)c1ccc2c(c1)CCC2. The molecule has 1 N–H and O–H groups in total. The van der Waals surface area contributed by atoms with Gasteiger partial charge in [-0.15, -0.1) is 0 Å². The van der Waals surface area contributed by atoms with Crippen LogP contribution >= 0.6 is 0 Å². The maximum Gasteiger partial charge on any atom is 0.410 e. The van der Waals surface area contributed by atoms with Crippen molar-refractivity contribution in [3.8, 4) is 0 Å². The summed E-state index contributed by atoms with van der Waals surface area (Å²) in [5.41, 5.74) is 3.96. The minimum absolute atomic E-state index is 0.255. The van der Waals surface area contributed by atoms with E-state index in [1.807, 2.05) is 20.8 Å². The quantitative estimate of drug-likeness (QED) is 0.798. The van der Waals surface area contributed by atoms with Crippen LogP contribution in [-0.2, 0) is 17.6 Å². The minimum Gasteiger partial charge on any atom is -0.444 e. The molecule has 0 aliphatic heterocycles. The van der Waals surface area contributed by atoms with Crippen LogP contribution in [0.3, 0.4) is 0 Å². The van der Waals surface area contributed by atoms with E-state index < -0.39 is 5.60 Å². The minimum atomic E-state index is -0.439. The molecule has 0 saturated carbocycles. The number of hydrogen-bond donors (Lipinski definition) is 1. The molecular weight excluding hydrogens is 300 g/mol. The first-order valence-electron chi connectivity index (χ1n) is 9.05. The van der Waals surface area contributed by atoms with Crippen molar-refractivity contribution >= 4 is 6.09 Å². The summed E-state index contributed by atoms with van der Waals surface area (Å²) >= 11 is 0. The monoisotopic (exact) mass is 332 g/mol. The van der Waals surface area contributed by atoms with Gasteiger partial charge in [-0.25, -0.2) is 4.79 Å². The van der Waals surface area contributed by atoms with Gasteiger partial charge in [-0.1, -0.05) is 18.2 Å². The largest absolute Gasteiger partial charge is 0.444 e. The van der Waals surface area contributed by atoms with Crippen molar-refractivity contribution < 1.29 is 9.53 Å². The average Bonchev–Trinajstić information content (AvgIpc) is 2.96. The lowest BCUT2D eigenvalue weighted by Crippen LogP contribution is -2.35. The molecule has 134 valence electrons. The molecule has 0 heterocycles. The summed E-state index contributed by atoms with van der Waals surface area (Å²) in [4.78, 5) is 13.5. The normalized spacial score (nSPS) is 15.0. The van der Waals surface area contributed by atoms with Gasteiger partial charge in [-0.2, -0.15) is 0 Å². The second kappa shape index (κ2) is 8.02. The predicted molar refractivity (Wildman–Crippen MR) is 98.4 cm³/mol. The Labute approximate surface area is 146 Å². The summed E-state index contributed by atoms with van der Waals surface area (Å²) in [6, 6.07) is 7.22. The second-order valence-corrected chi connectivity index (χ2v) is 7.81. The van der Waals surface area contributed by atoms with Gasteiger partial charge < -0.3 is 15.0 Å². The number of carbonyl (C=O) groups excluding carboxylic acids is 1. The van der Waals surface area contributed by atoms with E-state index in [0.29, 0.717) is 12.6 Å². The molecule has 24 heavy (non-hydrogen) atoms. The van der Waals surface area contributed by atoms with Crippen LogP contribution in [0.2, 0.25) is 0 Å². The number of hydrogen-bond acceptors (Lipinski definition) is 3. The third-order valence-electron chi connectivity index (χ3n) is 4.45. The summed E-state index contributed by atoms with van der Waals surface area (Å²) in [7, 11) is 1.79. The Hall–Kier alpha value is -1.55. The molecule has 0 aromatic heterocycles. The Morgan fingerprint density at radius 1 is 1.29 bits per heavy atom. The molecule has 0 bridgehead atoms. The Morgan fingerprint density at radius 2 is 2.00 bits per heavy atom. The zero-order valence-electron chi connectivity index (χ0n) is 15.8. The molecule has 1 aromatic rings. The van der Waals surface area contributed by atoms with E-state index in [9.17, 15) is 4.79 Å². The third-order valence-corrected chi connectivity index (χ3v) is 4.45. The molecule has 1 unspecified atom stereocenters. The number of ether oxygens (including phenoxy) is 1. The molecule has 1 aliphatic rings. The van der Waals surface area contributed by atoms with Crippen molar-refractivity contribution in [2.45, 2.75) is 65.0 Å². The molecule has 1 atom stereocenters. The number of benzene rings is 1. The molecule has 0 radical (unpaired) electrons. The zero-order valence-corrected chi connectivity index (χ0v) is 15.8. The van der Waals surface area contributed by atoms with Crippen LogP contribution in [-0.4, -0.2) is 36.7 Å². The van der Waals surface area contributed by atoms with Gasteiger partial charge in [-0.3, -0.25) is 0 Å². The van der Waals surface area contributed by atoms with Gasteiger partial charge in [-0.05, 0) is 76.6 Å². The van der Waals surface area contributed by atoms with E-state index in [-0.39, 0.29) is 6.09 Å². The highest BCUT2D eigenvalue weighted by Crippen LogP contribution is 2.25. The lowest BCUT2D eigenvalue weighted by molar-refractivity contribution is 0.0297. The molecule has 2 rings (SSSR count). The number of aryl methyl sites for hydroxylation is 2. The van der Waals surface area contributed by atoms with Crippen molar-refractivity contribution in [3.05, 3.63) is 34.9 Å². The molecule has 1 amide bonds. The van der Waals surface area contributed by atoms with E-state index in [2.05, 4.69) is 30.4 Å². The van der Waals surface area contributed by atoms with Gasteiger partial charge in [0.15, 0.2) is 0 Å². The number of nitrogens with one attached hydrogen (secondary N) is 1. The first kappa shape index (κ1) is 18.8. The number of amides is 1. The standard InChI is InChI=1S/C20H32N2O2/c1-15(17-11-10-16-8-6-9-18(16)14-17)21-12-7-13-22(5)19(23)24-20(2,3)4/h10-11,14-15,21H,6-9,12-13H2,1-5H3. The summed E-state index contributed by atoms with van der Waals surface area (Å²) in [6.07, 6.45) is 4.39. The highest BCUT2D eigenvalue weighted by Gasteiger charge is 2.19. The van der Waals surface area contributed by atoms with Crippen molar-refractivity contribution in [1.82, 2.24) is 10.2 Å². The Balaban J connectivity index is 1.71. The first-order chi connectivity index (χ1) is 11.3. The maximum atomic E-state index is 11.9. The van der Waals surface area contributed by atoms with Crippen molar-refractivity contribution in [1.29, 1.82) is 0 Å². The fourth-order valence-corrected chi connectivity index (χ4v) is 3.04. The van der Waals surface area contributed by atoms with Crippen LogP contribution in [0.15, 0.2) is 18.2 Å². The molecule has 0 saturated heterocycles. The highest BCUT2D eigenvalue weighted by atomic mass is 16.6. The highest BCUT2D eigenvalue weighted by molar-refractivity contribution is 5.67. The van der Waals surface area contributed by atoms with Gasteiger partial charge in [0, 0.05) is 19.6 Å². The van der Waals surface area contributed by atoms with E-state index in [4.69, 9.17) is 4.74 Å². The first-order valence-corrected chi connectivity index (χ1v) is 9.05. The lowest BCUT2D eigenvalue weighted by atomic mass is 10.0. The van der Waals surface area contributed by atoms with Crippen LogP contribution < -0.4 is 5.32 Å². The van der Waals surface area contributed by atoms with Crippen LogP contribution in [0, 0.1) is 0 Å². The van der Waals surface area contributed by atoms with Crippen molar-refractivity contribution in [2.75, 3.05) is 20.1 Å². The maximum absolute atomic E-state index is 11.9. The van der Waals surface area contributed by atoms with E-state index in [1.54, 1.807) is 11.9 Å². The molecule has 0 fully saturated rings. The summed E-state index contributed by atoms with van der Waals surface area (Å²) in [6.45, 7) is 9.44. The lowest BCUT2D eigenvalue weighted by Gasteiger charge is -2.25. The molecule has 1 aromatic carbocycles. The van der Waals surface area contributed by atoms with Crippen LogP contribution in [0.4, 0.5) is 4.79 Å². The number of nitrogens with zero attached hydrogens (tertiary/aromatic N) is 1. The number of carbonyl (C=O) groups is 1. The average molecular weight is 332 g/mol. The molecule has 4 nitrogen and oxygen atoms in total. The number of fused-ring (bicyclic) bond motifs is 1. The van der Waals surface area contributed by atoms with Crippen LogP contribution in [0.5, 0.6) is 0 Å². The Kier molecular flexibility index (Phi) is 6.27. The smallest absolute Gasteiger partial charge is 0.410 e. The van der Waals surface area contributed by atoms with Gasteiger partial charge in [0.1, 0.15) is 5.60 Å². The fourth-order valence-electron chi connectivity index (χ4n) is 3.04. The van der Waals surface area contributed by atoms with Gasteiger partial charge in [0.2, 0.25) is 0 Å².